The molecule has 0 amide bonds. The summed E-state index contributed by atoms with van der Waals surface area (Å²) in [6.45, 7) is 0.678. The number of para-hydroxylation sites is 1. The molecule has 0 spiro atoms. The molecule has 0 aromatic heterocycles. The van der Waals surface area contributed by atoms with Gasteiger partial charge in [-0.25, -0.2) is 8.78 Å². The molecule has 18 heavy (non-hydrogen) atoms. The molecule has 0 saturated heterocycles. The normalized spacial score (nSPS) is 18.1. The maximum atomic E-state index is 13.4. The molecule has 1 aromatic rings. The summed E-state index contributed by atoms with van der Waals surface area (Å²) in [4.78, 5) is 0. The van der Waals surface area contributed by atoms with E-state index in [2.05, 4.69) is 5.32 Å². The molecule has 1 aliphatic carbocycles. The Kier molecular flexibility index (Phi) is 4.97. The fourth-order valence-corrected chi connectivity index (χ4v) is 2.66. The van der Waals surface area contributed by atoms with Gasteiger partial charge in [0, 0.05) is 6.54 Å². The highest BCUT2D eigenvalue weighted by Crippen LogP contribution is 2.24. The Hall–Kier alpha value is -1.12. The van der Waals surface area contributed by atoms with Crippen molar-refractivity contribution in [2.45, 2.75) is 44.9 Å². The summed E-state index contributed by atoms with van der Waals surface area (Å²) < 4.78 is 26.9. The van der Waals surface area contributed by atoms with E-state index in [0.717, 1.165) is 0 Å². The highest BCUT2D eigenvalue weighted by atomic mass is 19.1. The molecule has 0 radical (unpaired) electrons. The highest BCUT2D eigenvalue weighted by molar-refractivity contribution is 5.45. The van der Waals surface area contributed by atoms with Gasteiger partial charge in [-0.2, -0.15) is 0 Å². The van der Waals surface area contributed by atoms with Gasteiger partial charge in [0.05, 0.1) is 0 Å². The third kappa shape index (κ3) is 3.69. The minimum Gasteiger partial charge on any atom is -0.380 e. The van der Waals surface area contributed by atoms with E-state index in [4.69, 9.17) is 0 Å². The van der Waals surface area contributed by atoms with E-state index >= 15 is 0 Å². The zero-order valence-electron chi connectivity index (χ0n) is 10.7. The molecule has 0 bridgehead atoms. The summed E-state index contributed by atoms with van der Waals surface area (Å²) in [5.74, 6) is -0.453. The van der Waals surface area contributed by atoms with E-state index in [1.807, 2.05) is 0 Å². The van der Waals surface area contributed by atoms with Gasteiger partial charge in [-0.05, 0) is 30.9 Å². The summed E-state index contributed by atoms with van der Waals surface area (Å²) >= 11 is 0. The van der Waals surface area contributed by atoms with Crippen molar-refractivity contribution >= 4 is 5.69 Å². The average Bonchev–Trinajstić information content (AvgIpc) is 2.30. The first kappa shape index (κ1) is 13.3. The lowest BCUT2D eigenvalue weighted by atomic mass is 9.91. The van der Waals surface area contributed by atoms with Crippen molar-refractivity contribution in [3.63, 3.8) is 0 Å². The first-order chi connectivity index (χ1) is 8.77. The zero-order chi connectivity index (χ0) is 12.8. The fourth-order valence-electron chi connectivity index (χ4n) is 2.66. The molecule has 0 heterocycles. The van der Waals surface area contributed by atoms with Crippen molar-refractivity contribution in [3.05, 3.63) is 29.8 Å². The van der Waals surface area contributed by atoms with Crippen LogP contribution in [0.5, 0.6) is 0 Å². The van der Waals surface area contributed by atoms with Crippen molar-refractivity contribution < 1.29 is 8.78 Å². The minimum atomic E-state index is -0.499. The smallest absolute Gasteiger partial charge is 0.149 e. The Morgan fingerprint density at radius 2 is 1.50 bits per heavy atom. The van der Waals surface area contributed by atoms with Crippen molar-refractivity contribution in [2.24, 2.45) is 5.92 Å². The van der Waals surface area contributed by atoms with Crippen LogP contribution in [0.4, 0.5) is 14.5 Å². The topological polar surface area (TPSA) is 12.0 Å². The van der Waals surface area contributed by atoms with Gasteiger partial charge in [0.25, 0.3) is 0 Å². The SMILES string of the molecule is Fc1cccc(F)c1NCC1CCCCCCC1. The zero-order valence-corrected chi connectivity index (χ0v) is 10.7. The maximum absolute atomic E-state index is 13.4. The second-order valence-electron chi connectivity index (χ2n) is 5.19. The lowest BCUT2D eigenvalue weighted by molar-refractivity contribution is 0.391. The number of halogens is 2. The molecule has 0 aliphatic heterocycles. The van der Waals surface area contributed by atoms with E-state index in [0.29, 0.717) is 12.5 Å². The van der Waals surface area contributed by atoms with Gasteiger partial charge >= 0.3 is 0 Å². The fraction of sp³-hybridized carbons (Fsp3) is 0.600. The molecule has 3 heteroatoms. The monoisotopic (exact) mass is 253 g/mol. The van der Waals surface area contributed by atoms with Gasteiger partial charge in [0.2, 0.25) is 0 Å². The molecule has 1 saturated carbocycles. The first-order valence-electron chi connectivity index (χ1n) is 6.95. The van der Waals surface area contributed by atoms with E-state index in [9.17, 15) is 8.78 Å². The molecule has 1 N–H and O–H groups in total. The Morgan fingerprint density at radius 1 is 0.944 bits per heavy atom. The number of hydrogen-bond acceptors (Lipinski definition) is 1. The van der Waals surface area contributed by atoms with E-state index in [1.165, 1.54) is 63.1 Å². The van der Waals surface area contributed by atoms with E-state index in [-0.39, 0.29) is 5.69 Å². The predicted octanol–water partition coefficient (Wildman–Crippen LogP) is 4.74. The molecular formula is C15H21F2N. The molecular weight excluding hydrogens is 232 g/mol. The lowest BCUT2D eigenvalue weighted by Gasteiger charge is -2.20. The largest absolute Gasteiger partial charge is 0.380 e. The van der Waals surface area contributed by atoms with E-state index < -0.39 is 11.6 Å². The molecule has 1 aliphatic rings. The van der Waals surface area contributed by atoms with Crippen LogP contribution >= 0.6 is 0 Å². The Balaban J connectivity index is 1.89. The quantitative estimate of drug-likeness (QED) is 0.820. The second-order valence-corrected chi connectivity index (χ2v) is 5.19. The van der Waals surface area contributed by atoms with Crippen LogP contribution in [0, 0.1) is 17.6 Å². The van der Waals surface area contributed by atoms with Gasteiger partial charge in [-0.3, -0.25) is 0 Å². The Labute approximate surface area is 108 Å². The lowest BCUT2D eigenvalue weighted by Crippen LogP contribution is -2.17. The van der Waals surface area contributed by atoms with Gasteiger partial charge in [-0.1, -0.05) is 38.2 Å². The molecule has 1 fully saturated rings. The average molecular weight is 253 g/mol. The van der Waals surface area contributed by atoms with Gasteiger partial charge < -0.3 is 5.32 Å². The van der Waals surface area contributed by atoms with E-state index in [1.54, 1.807) is 0 Å². The third-order valence-electron chi connectivity index (χ3n) is 3.76. The number of rotatable bonds is 3. The minimum absolute atomic E-state index is 0.0274. The number of nitrogens with one attached hydrogen (secondary N) is 1. The molecule has 1 aromatic carbocycles. The van der Waals surface area contributed by atoms with Crippen LogP contribution in [0.1, 0.15) is 44.9 Å². The Bertz CT molecular complexity index is 351. The highest BCUT2D eigenvalue weighted by Gasteiger charge is 2.13. The molecule has 2 rings (SSSR count). The predicted molar refractivity (Wildman–Crippen MR) is 70.7 cm³/mol. The summed E-state index contributed by atoms with van der Waals surface area (Å²) in [7, 11) is 0. The van der Waals surface area contributed by atoms with Crippen LogP contribution < -0.4 is 5.32 Å². The van der Waals surface area contributed by atoms with Crippen molar-refractivity contribution in [1.29, 1.82) is 0 Å². The van der Waals surface area contributed by atoms with Crippen LogP contribution in [0.15, 0.2) is 18.2 Å². The van der Waals surface area contributed by atoms with Crippen molar-refractivity contribution in [3.8, 4) is 0 Å². The van der Waals surface area contributed by atoms with Crippen LogP contribution in [0.25, 0.3) is 0 Å². The number of hydrogen-bond donors (Lipinski definition) is 1. The van der Waals surface area contributed by atoms with Crippen LogP contribution in [-0.4, -0.2) is 6.54 Å². The Morgan fingerprint density at radius 3 is 2.11 bits per heavy atom. The molecule has 100 valence electrons. The number of benzene rings is 1. The summed E-state index contributed by atoms with van der Waals surface area (Å²) in [6.07, 6.45) is 8.75. The van der Waals surface area contributed by atoms with Crippen molar-refractivity contribution in [1.82, 2.24) is 0 Å². The maximum Gasteiger partial charge on any atom is 0.149 e. The van der Waals surface area contributed by atoms with Crippen LogP contribution in [-0.2, 0) is 0 Å². The number of anilines is 1. The van der Waals surface area contributed by atoms with Gasteiger partial charge in [0.15, 0.2) is 0 Å². The standard InChI is InChI=1S/C15H21F2N/c16-13-9-6-10-14(17)15(13)18-11-12-7-4-2-1-3-5-8-12/h6,9-10,12,18H,1-5,7-8,11H2. The van der Waals surface area contributed by atoms with Crippen molar-refractivity contribution in [2.75, 3.05) is 11.9 Å². The summed E-state index contributed by atoms with van der Waals surface area (Å²) in [5.41, 5.74) is 0.0274. The summed E-state index contributed by atoms with van der Waals surface area (Å²) in [6, 6.07) is 3.98. The first-order valence-corrected chi connectivity index (χ1v) is 6.95. The summed E-state index contributed by atoms with van der Waals surface area (Å²) in [5, 5.41) is 2.95. The van der Waals surface area contributed by atoms with Gasteiger partial charge in [-0.15, -0.1) is 0 Å². The molecule has 0 unspecified atom stereocenters. The third-order valence-corrected chi connectivity index (χ3v) is 3.76. The van der Waals surface area contributed by atoms with Crippen LogP contribution in [0.3, 0.4) is 0 Å². The molecule has 1 nitrogen and oxygen atoms in total. The van der Waals surface area contributed by atoms with Crippen LogP contribution in [0.2, 0.25) is 0 Å². The second kappa shape index (κ2) is 6.72. The molecule has 0 atom stereocenters. The van der Waals surface area contributed by atoms with Gasteiger partial charge in [0.1, 0.15) is 17.3 Å².